The van der Waals surface area contributed by atoms with Crippen LogP contribution in [0.15, 0.2) is 158 Å². The molecular weight excluding hydrogens is 853 g/mol. The fourth-order valence-electron chi connectivity index (χ4n) is 6.61. The highest BCUT2D eigenvalue weighted by molar-refractivity contribution is 5.71. The number of rotatable bonds is 46. The molecule has 0 spiro atoms. The molecule has 0 saturated carbocycles. The molecule has 0 aromatic rings. The number of esters is 3. The van der Waals surface area contributed by atoms with Crippen molar-refractivity contribution < 1.29 is 28.6 Å². The largest absolute Gasteiger partial charge is 0.462 e. The third kappa shape index (κ3) is 53.8. The van der Waals surface area contributed by atoms with Gasteiger partial charge in [0.15, 0.2) is 6.10 Å². The summed E-state index contributed by atoms with van der Waals surface area (Å²) in [4.78, 5) is 38.1. The van der Waals surface area contributed by atoms with Crippen LogP contribution >= 0.6 is 0 Å². The molecule has 0 heterocycles. The van der Waals surface area contributed by atoms with Crippen molar-refractivity contribution in [3.63, 3.8) is 0 Å². The first-order chi connectivity index (χ1) is 34.0. The van der Waals surface area contributed by atoms with Crippen molar-refractivity contribution in [2.45, 2.75) is 207 Å². The Morgan fingerprint density at radius 1 is 0.304 bits per heavy atom. The van der Waals surface area contributed by atoms with Crippen LogP contribution in [-0.4, -0.2) is 37.2 Å². The Balaban J connectivity index is 4.57. The summed E-state index contributed by atoms with van der Waals surface area (Å²) < 4.78 is 16.8. The van der Waals surface area contributed by atoms with Gasteiger partial charge in [-0.1, -0.05) is 211 Å². The van der Waals surface area contributed by atoms with Gasteiger partial charge in [0.05, 0.1) is 0 Å². The predicted octanol–water partition coefficient (Wildman–Crippen LogP) is 18.2. The van der Waals surface area contributed by atoms with Crippen LogP contribution in [0.4, 0.5) is 0 Å². The van der Waals surface area contributed by atoms with Gasteiger partial charge in [-0.3, -0.25) is 14.4 Å². The maximum atomic E-state index is 12.8. The molecular formula is C63H96O6. The molecule has 0 radical (unpaired) electrons. The zero-order valence-corrected chi connectivity index (χ0v) is 43.8. The highest BCUT2D eigenvalue weighted by atomic mass is 16.6. The smallest absolute Gasteiger partial charge is 0.306 e. The quantitative estimate of drug-likeness (QED) is 0.0199. The zero-order chi connectivity index (χ0) is 50.0. The molecule has 0 aliphatic carbocycles. The highest BCUT2D eigenvalue weighted by Crippen LogP contribution is 2.12. The van der Waals surface area contributed by atoms with E-state index in [1.165, 1.54) is 0 Å². The monoisotopic (exact) mass is 949 g/mol. The van der Waals surface area contributed by atoms with E-state index in [-0.39, 0.29) is 37.5 Å². The number of hydrogen-bond donors (Lipinski definition) is 0. The van der Waals surface area contributed by atoms with E-state index >= 15 is 0 Å². The van der Waals surface area contributed by atoms with E-state index in [0.29, 0.717) is 19.3 Å². The average molecular weight is 949 g/mol. The molecule has 0 rings (SSSR count). The minimum atomic E-state index is -0.826. The Morgan fingerprint density at radius 3 is 0.986 bits per heavy atom. The van der Waals surface area contributed by atoms with E-state index in [1.54, 1.807) is 0 Å². The number of ether oxygens (including phenoxy) is 3. The minimum absolute atomic E-state index is 0.121. The van der Waals surface area contributed by atoms with Crippen molar-refractivity contribution in [2.75, 3.05) is 13.2 Å². The fraction of sp³-hybridized carbons (Fsp3) is 0.540. The van der Waals surface area contributed by atoms with Gasteiger partial charge in [0.25, 0.3) is 0 Å². The lowest BCUT2D eigenvalue weighted by Gasteiger charge is -2.18. The molecule has 0 aromatic carbocycles. The standard InChI is InChI=1S/C63H96O6/c1-4-7-10-13-16-19-22-25-27-29-31-33-35-38-41-44-47-50-53-56-62(65)68-59-60(58-67-61(64)55-52-49-46-43-40-37-24-21-18-15-12-9-6-3)69-63(66)57-54-51-48-45-42-39-36-34-32-30-28-26-23-20-17-14-11-8-5-2/h7-12,15-21,24-28,31-34,38-39,41-42,60H,4-6,13-14,22-23,29-30,35-37,40,43-59H2,1-3H3/b10-7-,11-8-,12-9-,18-15-,19-16-,20-17-,24-21-,27-25-,28-26-,33-31-,34-32-,41-38-,42-39-. The molecule has 0 fully saturated rings. The maximum absolute atomic E-state index is 12.8. The Hall–Kier alpha value is -4.97. The number of unbranched alkanes of at least 4 members (excludes halogenated alkanes) is 11. The van der Waals surface area contributed by atoms with Crippen LogP contribution in [0.5, 0.6) is 0 Å². The summed E-state index contributed by atoms with van der Waals surface area (Å²) in [6.07, 6.45) is 80.8. The van der Waals surface area contributed by atoms with Crippen LogP contribution in [0.2, 0.25) is 0 Å². The van der Waals surface area contributed by atoms with E-state index < -0.39 is 6.10 Å². The molecule has 1 atom stereocenters. The first-order valence-electron chi connectivity index (χ1n) is 27.0. The van der Waals surface area contributed by atoms with Gasteiger partial charge >= 0.3 is 17.9 Å². The lowest BCUT2D eigenvalue weighted by molar-refractivity contribution is -0.167. The molecule has 0 saturated heterocycles. The Bertz CT molecular complexity index is 1610. The van der Waals surface area contributed by atoms with Gasteiger partial charge in [-0.2, -0.15) is 0 Å². The number of carbonyl (C=O) groups is 3. The van der Waals surface area contributed by atoms with Crippen LogP contribution in [0.1, 0.15) is 201 Å². The molecule has 0 aliphatic rings. The molecule has 69 heavy (non-hydrogen) atoms. The second kappa shape index (κ2) is 55.6. The lowest BCUT2D eigenvalue weighted by Crippen LogP contribution is -2.30. The minimum Gasteiger partial charge on any atom is -0.462 e. The molecule has 0 amide bonds. The Kier molecular flexibility index (Phi) is 51.6. The predicted molar refractivity (Wildman–Crippen MR) is 297 cm³/mol. The van der Waals surface area contributed by atoms with Crippen molar-refractivity contribution in [3.05, 3.63) is 158 Å². The summed E-state index contributed by atoms with van der Waals surface area (Å²) in [6, 6.07) is 0. The molecule has 0 N–H and O–H groups in total. The van der Waals surface area contributed by atoms with Crippen molar-refractivity contribution >= 4 is 17.9 Å². The number of allylic oxidation sites excluding steroid dienone is 26. The summed E-state index contributed by atoms with van der Waals surface area (Å²) in [5.41, 5.74) is 0. The van der Waals surface area contributed by atoms with Gasteiger partial charge in [0.1, 0.15) is 13.2 Å². The first kappa shape index (κ1) is 64.0. The van der Waals surface area contributed by atoms with Crippen molar-refractivity contribution in [1.29, 1.82) is 0 Å². The van der Waals surface area contributed by atoms with Gasteiger partial charge in [0.2, 0.25) is 0 Å². The van der Waals surface area contributed by atoms with Gasteiger partial charge in [-0.25, -0.2) is 0 Å². The fourth-order valence-corrected chi connectivity index (χ4v) is 6.61. The van der Waals surface area contributed by atoms with Gasteiger partial charge in [-0.05, 0) is 128 Å². The SMILES string of the molecule is CC\C=C/C=C\C=C/CCCCCCCC(=O)OCC(COC(=O)CCCCC/C=C\C/C=C\C/C=C\C/C=C\C/C=C\CC)OC(=O)CCCCC/C=C\C/C=C\C/C=C\C/C=C\C/C=C\CC. The van der Waals surface area contributed by atoms with E-state index in [0.717, 1.165) is 154 Å². The molecule has 384 valence electrons. The summed E-state index contributed by atoms with van der Waals surface area (Å²) in [5, 5.41) is 0. The summed E-state index contributed by atoms with van der Waals surface area (Å²) in [6.45, 7) is 6.18. The third-order valence-electron chi connectivity index (χ3n) is 10.6. The molecule has 0 bridgehead atoms. The zero-order valence-electron chi connectivity index (χ0n) is 43.8. The Labute approximate surface area is 422 Å². The molecule has 6 nitrogen and oxygen atoms in total. The Morgan fingerprint density at radius 2 is 0.594 bits per heavy atom. The topological polar surface area (TPSA) is 78.9 Å². The second-order valence-electron chi connectivity index (χ2n) is 17.0. The lowest BCUT2D eigenvalue weighted by atomic mass is 10.1. The third-order valence-corrected chi connectivity index (χ3v) is 10.6. The van der Waals surface area contributed by atoms with Crippen LogP contribution < -0.4 is 0 Å². The van der Waals surface area contributed by atoms with E-state index in [1.807, 2.05) is 6.08 Å². The van der Waals surface area contributed by atoms with Crippen LogP contribution in [0.3, 0.4) is 0 Å². The van der Waals surface area contributed by atoms with Gasteiger partial charge in [0, 0.05) is 19.3 Å². The summed E-state index contributed by atoms with van der Waals surface area (Å²) in [5.74, 6) is -1.02. The van der Waals surface area contributed by atoms with Crippen LogP contribution in [-0.2, 0) is 28.6 Å². The van der Waals surface area contributed by atoms with Gasteiger partial charge < -0.3 is 14.2 Å². The first-order valence-corrected chi connectivity index (χ1v) is 27.0. The molecule has 1 unspecified atom stereocenters. The maximum Gasteiger partial charge on any atom is 0.306 e. The number of hydrogen-bond acceptors (Lipinski definition) is 6. The molecule has 0 aromatic heterocycles. The van der Waals surface area contributed by atoms with Crippen molar-refractivity contribution in [2.24, 2.45) is 0 Å². The summed E-state index contributed by atoms with van der Waals surface area (Å²) in [7, 11) is 0. The van der Waals surface area contributed by atoms with E-state index in [4.69, 9.17) is 14.2 Å². The van der Waals surface area contributed by atoms with Crippen LogP contribution in [0, 0.1) is 0 Å². The normalized spacial score (nSPS) is 13.4. The van der Waals surface area contributed by atoms with Crippen molar-refractivity contribution in [1.82, 2.24) is 0 Å². The second-order valence-corrected chi connectivity index (χ2v) is 17.0. The average Bonchev–Trinajstić information content (AvgIpc) is 3.35. The molecule has 6 heteroatoms. The molecule has 0 aliphatic heterocycles. The van der Waals surface area contributed by atoms with Crippen molar-refractivity contribution in [3.8, 4) is 0 Å². The van der Waals surface area contributed by atoms with E-state index in [9.17, 15) is 14.4 Å². The van der Waals surface area contributed by atoms with Crippen LogP contribution in [0.25, 0.3) is 0 Å². The van der Waals surface area contributed by atoms with Gasteiger partial charge in [-0.15, -0.1) is 0 Å². The summed E-state index contributed by atoms with van der Waals surface area (Å²) >= 11 is 0. The number of carbonyl (C=O) groups excluding carboxylic acids is 3. The van der Waals surface area contributed by atoms with E-state index in [2.05, 4.69) is 173 Å². The highest BCUT2D eigenvalue weighted by Gasteiger charge is 2.19.